The second-order valence-corrected chi connectivity index (χ2v) is 9.40. The van der Waals surface area contributed by atoms with Crippen molar-refractivity contribution in [2.24, 2.45) is 0 Å². The molecule has 1 aromatic rings. The Morgan fingerprint density at radius 2 is 2.00 bits per heavy atom. The third kappa shape index (κ3) is 6.13. The van der Waals surface area contributed by atoms with Gasteiger partial charge >= 0.3 is 0 Å². The molecule has 0 unspecified atom stereocenters. The van der Waals surface area contributed by atoms with Crippen molar-refractivity contribution in [2.45, 2.75) is 51.5 Å². The molecular formula is C19H26Cl2N2O3S. The molecule has 1 N–H and O–H groups in total. The molecule has 2 rings (SSSR count). The van der Waals surface area contributed by atoms with Crippen LogP contribution in [0.15, 0.2) is 29.8 Å². The van der Waals surface area contributed by atoms with Crippen molar-refractivity contribution in [1.29, 1.82) is 0 Å². The lowest BCUT2D eigenvalue weighted by atomic mass is 9.97. The van der Waals surface area contributed by atoms with Crippen LogP contribution in [0, 0.1) is 0 Å². The van der Waals surface area contributed by atoms with Crippen molar-refractivity contribution < 1.29 is 13.2 Å². The Hall–Kier alpha value is -1.24. The molecule has 8 heteroatoms. The zero-order valence-electron chi connectivity index (χ0n) is 15.7. The minimum absolute atomic E-state index is 0.238. The maximum Gasteiger partial charge on any atom is 0.243 e. The van der Waals surface area contributed by atoms with Gasteiger partial charge in [0.05, 0.1) is 22.0 Å². The van der Waals surface area contributed by atoms with E-state index >= 15 is 0 Å². The van der Waals surface area contributed by atoms with Crippen LogP contribution in [0.1, 0.15) is 45.4 Å². The molecule has 0 saturated heterocycles. The minimum atomic E-state index is -3.69. The first-order valence-electron chi connectivity index (χ1n) is 9.14. The van der Waals surface area contributed by atoms with E-state index in [1.54, 1.807) is 13.0 Å². The number of anilines is 1. The van der Waals surface area contributed by atoms with E-state index in [0.29, 0.717) is 23.7 Å². The molecule has 1 aromatic carbocycles. The number of amides is 1. The number of sulfonamides is 1. The molecule has 0 saturated carbocycles. The Bertz CT molecular complexity index is 809. The zero-order valence-corrected chi connectivity index (χ0v) is 18.0. The second kappa shape index (κ2) is 9.80. The van der Waals surface area contributed by atoms with Gasteiger partial charge in [0.25, 0.3) is 0 Å². The summed E-state index contributed by atoms with van der Waals surface area (Å²) in [7, 11) is -3.69. The van der Waals surface area contributed by atoms with Crippen LogP contribution in [-0.4, -0.2) is 33.2 Å². The molecule has 0 bridgehead atoms. The summed E-state index contributed by atoms with van der Waals surface area (Å²) in [5.74, 6) is -0.314. The van der Waals surface area contributed by atoms with E-state index in [2.05, 4.69) is 11.4 Å². The average Bonchev–Trinajstić information content (AvgIpc) is 2.62. The second-order valence-electron chi connectivity index (χ2n) is 6.73. The smallest absolute Gasteiger partial charge is 0.243 e. The van der Waals surface area contributed by atoms with E-state index < -0.39 is 16.1 Å². The van der Waals surface area contributed by atoms with E-state index in [0.717, 1.165) is 29.8 Å². The van der Waals surface area contributed by atoms with Crippen LogP contribution < -0.4 is 9.62 Å². The predicted octanol–water partition coefficient (Wildman–Crippen LogP) is 4.54. The lowest BCUT2D eigenvalue weighted by molar-refractivity contribution is -0.122. The summed E-state index contributed by atoms with van der Waals surface area (Å²) in [6.07, 6.45) is 9.04. The Labute approximate surface area is 171 Å². The van der Waals surface area contributed by atoms with E-state index in [1.165, 1.54) is 30.5 Å². The van der Waals surface area contributed by atoms with Crippen LogP contribution in [0.3, 0.4) is 0 Å². The fraction of sp³-hybridized carbons (Fsp3) is 0.526. The Balaban J connectivity index is 2.15. The van der Waals surface area contributed by atoms with Crippen molar-refractivity contribution >= 4 is 44.8 Å². The summed E-state index contributed by atoms with van der Waals surface area (Å²) in [6.45, 7) is 2.28. The highest BCUT2D eigenvalue weighted by molar-refractivity contribution is 7.92. The molecule has 1 atom stereocenters. The number of hydrogen-bond acceptors (Lipinski definition) is 3. The molecular weight excluding hydrogens is 407 g/mol. The molecule has 1 aliphatic carbocycles. The number of hydrogen-bond donors (Lipinski definition) is 1. The molecule has 0 fully saturated rings. The van der Waals surface area contributed by atoms with Crippen LogP contribution >= 0.6 is 23.2 Å². The first kappa shape index (κ1) is 22.1. The molecule has 1 amide bonds. The molecule has 0 aliphatic heterocycles. The number of halogens is 2. The molecule has 1 aliphatic rings. The van der Waals surface area contributed by atoms with Crippen LogP contribution in [-0.2, 0) is 14.8 Å². The third-order valence-corrected chi connectivity index (χ3v) is 6.54. The van der Waals surface area contributed by atoms with Crippen LogP contribution in [0.4, 0.5) is 5.69 Å². The van der Waals surface area contributed by atoms with Gasteiger partial charge in [0.15, 0.2) is 0 Å². The highest BCUT2D eigenvalue weighted by Gasteiger charge is 2.31. The van der Waals surface area contributed by atoms with Crippen LogP contribution in [0.25, 0.3) is 0 Å². The number of benzene rings is 1. The molecule has 0 radical (unpaired) electrons. The van der Waals surface area contributed by atoms with Crippen molar-refractivity contribution in [2.75, 3.05) is 17.1 Å². The van der Waals surface area contributed by atoms with Gasteiger partial charge in [0, 0.05) is 6.54 Å². The highest BCUT2D eigenvalue weighted by atomic mass is 35.5. The largest absolute Gasteiger partial charge is 0.354 e. The lowest BCUT2D eigenvalue weighted by Crippen LogP contribution is -2.49. The van der Waals surface area contributed by atoms with E-state index in [4.69, 9.17) is 23.2 Å². The van der Waals surface area contributed by atoms with Gasteiger partial charge in [-0.3, -0.25) is 9.10 Å². The number of allylic oxidation sites excluding steroid dienone is 1. The molecule has 0 heterocycles. The SMILES string of the molecule is CC[C@H](C(=O)NCCC1=CCCCC1)N(c1ccc(Cl)c(Cl)c1)S(C)(=O)=O. The topological polar surface area (TPSA) is 66.5 Å². The van der Waals surface area contributed by atoms with Crippen molar-refractivity contribution in [3.63, 3.8) is 0 Å². The van der Waals surface area contributed by atoms with Gasteiger partial charge in [-0.2, -0.15) is 0 Å². The van der Waals surface area contributed by atoms with Gasteiger partial charge < -0.3 is 5.32 Å². The number of rotatable bonds is 8. The molecule has 0 aromatic heterocycles. The van der Waals surface area contributed by atoms with Crippen molar-refractivity contribution in [1.82, 2.24) is 5.32 Å². The van der Waals surface area contributed by atoms with E-state index in [9.17, 15) is 13.2 Å². The normalized spacial score (nSPS) is 15.8. The quantitative estimate of drug-likeness (QED) is 0.612. The third-order valence-electron chi connectivity index (χ3n) is 4.62. The zero-order chi connectivity index (χ0) is 20.0. The monoisotopic (exact) mass is 432 g/mol. The summed E-state index contributed by atoms with van der Waals surface area (Å²) >= 11 is 12.0. The lowest BCUT2D eigenvalue weighted by Gasteiger charge is -2.30. The van der Waals surface area contributed by atoms with Crippen molar-refractivity contribution in [3.05, 3.63) is 39.9 Å². The number of nitrogens with one attached hydrogen (secondary N) is 1. The Morgan fingerprint density at radius 1 is 1.26 bits per heavy atom. The van der Waals surface area contributed by atoms with Gasteiger partial charge in [-0.25, -0.2) is 8.42 Å². The maximum atomic E-state index is 12.7. The summed E-state index contributed by atoms with van der Waals surface area (Å²) in [5.41, 5.74) is 1.68. The van der Waals surface area contributed by atoms with Gasteiger partial charge in [0.1, 0.15) is 6.04 Å². The Kier molecular flexibility index (Phi) is 8.01. The van der Waals surface area contributed by atoms with Gasteiger partial charge in [-0.05, 0) is 56.7 Å². The molecule has 150 valence electrons. The first-order valence-corrected chi connectivity index (χ1v) is 11.7. The summed E-state index contributed by atoms with van der Waals surface area (Å²) in [5, 5.41) is 3.45. The highest BCUT2D eigenvalue weighted by Crippen LogP contribution is 2.30. The summed E-state index contributed by atoms with van der Waals surface area (Å²) in [4.78, 5) is 12.7. The van der Waals surface area contributed by atoms with E-state index in [1.807, 2.05) is 0 Å². The number of nitrogens with zero attached hydrogens (tertiary/aromatic N) is 1. The van der Waals surface area contributed by atoms with Gasteiger partial charge in [0.2, 0.25) is 15.9 Å². The Morgan fingerprint density at radius 3 is 2.56 bits per heavy atom. The summed E-state index contributed by atoms with van der Waals surface area (Å²) < 4.78 is 25.9. The van der Waals surface area contributed by atoms with Gasteiger partial charge in [-0.15, -0.1) is 0 Å². The molecule has 27 heavy (non-hydrogen) atoms. The summed E-state index contributed by atoms with van der Waals surface area (Å²) in [6, 6.07) is 3.70. The number of carbonyl (C=O) groups is 1. The first-order chi connectivity index (χ1) is 12.7. The van der Waals surface area contributed by atoms with Gasteiger partial charge in [-0.1, -0.05) is 41.8 Å². The predicted molar refractivity (Wildman–Crippen MR) is 112 cm³/mol. The average molecular weight is 433 g/mol. The van der Waals surface area contributed by atoms with E-state index in [-0.39, 0.29) is 10.9 Å². The minimum Gasteiger partial charge on any atom is -0.354 e. The number of carbonyl (C=O) groups excluding carboxylic acids is 1. The fourth-order valence-electron chi connectivity index (χ4n) is 3.28. The molecule has 0 spiro atoms. The van der Waals surface area contributed by atoms with Crippen molar-refractivity contribution in [3.8, 4) is 0 Å². The maximum absolute atomic E-state index is 12.7. The van der Waals surface area contributed by atoms with Crippen LogP contribution in [0.5, 0.6) is 0 Å². The molecule has 5 nitrogen and oxygen atoms in total. The fourth-order valence-corrected chi connectivity index (χ4v) is 4.77. The van der Waals surface area contributed by atoms with Crippen LogP contribution in [0.2, 0.25) is 10.0 Å². The standard InChI is InChI=1S/C19H26Cl2N2O3S/c1-3-18(19(24)22-12-11-14-7-5-4-6-8-14)23(27(2,25)26)15-9-10-16(20)17(21)13-15/h7,9-10,13,18H,3-6,8,11-12H2,1-2H3,(H,22,24)/t18-/m1/s1.